The minimum atomic E-state index is 0.257. The highest BCUT2D eigenvalue weighted by molar-refractivity contribution is 5.30. The molecule has 1 aliphatic rings. The van der Waals surface area contributed by atoms with Crippen LogP contribution in [0.2, 0.25) is 0 Å². The van der Waals surface area contributed by atoms with Crippen molar-refractivity contribution >= 4 is 0 Å². The first kappa shape index (κ1) is 16.5. The maximum atomic E-state index is 3.53. The van der Waals surface area contributed by atoms with Gasteiger partial charge in [0.05, 0.1) is 0 Å². The maximum absolute atomic E-state index is 3.53. The Hall–Kier alpha value is -0.820. The van der Waals surface area contributed by atoms with Crippen molar-refractivity contribution in [2.45, 2.75) is 83.6 Å². The molecule has 1 heteroatoms. The molecule has 1 aromatic carbocycles. The molecule has 0 aromatic heterocycles. The third-order valence-corrected chi connectivity index (χ3v) is 5.07. The van der Waals surface area contributed by atoms with Crippen LogP contribution in [0.3, 0.4) is 0 Å². The minimum Gasteiger partial charge on any atom is -0.315 e. The molecular formula is C20H33N. The van der Waals surface area contributed by atoms with Crippen LogP contribution in [0.15, 0.2) is 24.3 Å². The normalized spacial score (nSPS) is 17.4. The lowest BCUT2D eigenvalue weighted by atomic mass is 9.79. The van der Waals surface area contributed by atoms with Crippen LogP contribution in [0.4, 0.5) is 0 Å². The summed E-state index contributed by atoms with van der Waals surface area (Å²) in [6.07, 6.45) is 8.23. The summed E-state index contributed by atoms with van der Waals surface area (Å²) < 4.78 is 0. The quantitative estimate of drug-likeness (QED) is 0.738. The van der Waals surface area contributed by atoms with Gasteiger partial charge in [0, 0.05) is 6.04 Å². The molecule has 0 radical (unpaired) electrons. The van der Waals surface area contributed by atoms with Gasteiger partial charge in [0.15, 0.2) is 0 Å². The van der Waals surface area contributed by atoms with Crippen LogP contribution in [-0.4, -0.2) is 12.6 Å². The van der Waals surface area contributed by atoms with Crippen molar-refractivity contribution in [2.24, 2.45) is 0 Å². The minimum absolute atomic E-state index is 0.257. The van der Waals surface area contributed by atoms with Crippen LogP contribution in [0.5, 0.6) is 0 Å². The maximum Gasteiger partial charge on any atom is 0.00103 e. The van der Waals surface area contributed by atoms with Gasteiger partial charge in [-0.2, -0.15) is 0 Å². The lowest BCUT2D eigenvalue weighted by Gasteiger charge is -2.27. The number of nitrogens with one attached hydrogen (secondary N) is 1. The van der Waals surface area contributed by atoms with E-state index in [1.54, 1.807) is 5.56 Å². The highest BCUT2D eigenvalue weighted by Gasteiger charge is 2.21. The van der Waals surface area contributed by atoms with Crippen LogP contribution in [-0.2, 0) is 5.41 Å². The molecule has 0 saturated heterocycles. The predicted molar refractivity (Wildman–Crippen MR) is 93.0 cm³/mol. The van der Waals surface area contributed by atoms with Crippen molar-refractivity contribution in [1.82, 2.24) is 5.32 Å². The van der Waals surface area contributed by atoms with Crippen molar-refractivity contribution in [3.05, 3.63) is 35.4 Å². The zero-order valence-electron chi connectivity index (χ0n) is 14.4. The van der Waals surface area contributed by atoms with Crippen molar-refractivity contribution in [1.29, 1.82) is 0 Å². The van der Waals surface area contributed by atoms with Crippen LogP contribution in [0.1, 0.15) is 83.3 Å². The Bertz CT molecular complexity index is 410. The van der Waals surface area contributed by atoms with E-state index in [2.05, 4.69) is 57.3 Å². The predicted octanol–water partition coefficient (Wildman–Crippen LogP) is 5.40. The summed E-state index contributed by atoms with van der Waals surface area (Å²) in [4.78, 5) is 0. The van der Waals surface area contributed by atoms with Gasteiger partial charge < -0.3 is 5.32 Å². The smallest absolute Gasteiger partial charge is 0.00103 e. The first-order valence-corrected chi connectivity index (χ1v) is 8.83. The lowest BCUT2D eigenvalue weighted by Crippen LogP contribution is -2.29. The molecule has 0 bridgehead atoms. The molecule has 1 saturated carbocycles. The van der Waals surface area contributed by atoms with Crippen LogP contribution in [0.25, 0.3) is 0 Å². The van der Waals surface area contributed by atoms with E-state index in [1.165, 1.54) is 44.1 Å². The molecule has 118 valence electrons. The molecule has 1 N–H and O–H groups in total. The summed E-state index contributed by atoms with van der Waals surface area (Å²) >= 11 is 0. The van der Waals surface area contributed by atoms with Gasteiger partial charge in [-0.05, 0) is 48.3 Å². The summed E-state index contributed by atoms with van der Waals surface area (Å²) in [6.45, 7) is 10.3. The highest BCUT2D eigenvalue weighted by Crippen LogP contribution is 2.34. The van der Waals surface area contributed by atoms with E-state index in [0.717, 1.165) is 12.5 Å². The highest BCUT2D eigenvalue weighted by atomic mass is 14.9. The third-order valence-electron chi connectivity index (χ3n) is 5.07. The first-order chi connectivity index (χ1) is 9.99. The SMILES string of the molecule is CC(C)NCCC(C)(C)c1ccc(C2CCCCC2)cc1. The Balaban J connectivity index is 1.96. The van der Waals surface area contributed by atoms with Gasteiger partial charge >= 0.3 is 0 Å². The largest absolute Gasteiger partial charge is 0.315 e. The Morgan fingerprint density at radius 3 is 2.24 bits per heavy atom. The Kier molecular flexibility index (Phi) is 5.87. The number of benzene rings is 1. The van der Waals surface area contributed by atoms with Gasteiger partial charge in [-0.1, -0.05) is 71.2 Å². The van der Waals surface area contributed by atoms with E-state index in [4.69, 9.17) is 0 Å². The van der Waals surface area contributed by atoms with Crippen molar-refractivity contribution in [3.63, 3.8) is 0 Å². The number of hydrogen-bond acceptors (Lipinski definition) is 1. The molecule has 1 nitrogen and oxygen atoms in total. The average Bonchev–Trinajstić information content (AvgIpc) is 2.48. The summed E-state index contributed by atoms with van der Waals surface area (Å²) in [5.74, 6) is 0.818. The fourth-order valence-corrected chi connectivity index (χ4v) is 3.46. The molecule has 2 rings (SSSR count). The van der Waals surface area contributed by atoms with Gasteiger partial charge in [-0.25, -0.2) is 0 Å². The molecule has 1 aliphatic carbocycles. The molecule has 21 heavy (non-hydrogen) atoms. The number of rotatable bonds is 6. The van der Waals surface area contributed by atoms with Crippen molar-refractivity contribution in [3.8, 4) is 0 Å². The van der Waals surface area contributed by atoms with Crippen LogP contribution < -0.4 is 5.32 Å². The summed E-state index contributed by atoms with van der Waals surface area (Å²) in [5, 5.41) is 3.53. The monoisotopic (exact) mass is 287 g/mol. The van der Waals surface area contributed by atoms with Gasteiger partial charge in [-0.3, -0.25) is 0 Å². The third kappa shape index (κ3) is 4.85. The second-order valence-electron chi connectivity index (χ2n) is 7.70. The van der Waals surface area contributed by atoms with E-state index in [9.17, 15) is 0 Å². The molecule has 1 fully saturated rings. The van der Waals surface area contributed by atoms with Crippen LogP contribution in [0, 0.1) is 0 Å². The molecule has 0 spiro atoms. The summed E-state index contributed by atoms with van der Waals surface area (Å²) in [7, 11) is 0. The zero-order chi connectivity index (χ0) is 15.3. The molecule has 0 atom stereocenters. The van der Waals surface area contributed by atoms with Gasteiger partial charge in [0.1, 0.15) is 0 Å². The van der Waals surface area contributed by atoms with Crippen molar-refractivity contribution < 1.29 is 0 Å². The lowest BCUT2D eigenvalue weighted by molar-refractivity contribution is 0.437. The van der Waals surface area contributed by atoms with E-state index < -0.39 is 0 Å². The Morgan fingerprint density at radius 1 is 1.05 bits per heavy atom. The first-order valence-electron chi connectivity index (χ1n) is 8.83. The molecule has 0 heterocycles. The topological polar surface area (TPSA) is 12.0 Å². The average molecular weight is 287 g/mol. The summed E-state index contributed by atoms with van der Waals surface area (Å²) in [5.41, 5.74) is 3.30. The van der Waals surface area contributed by atoms with Crippen LogP contribution >= 0.6 is 0 Å². The second-order valence-corrected chi connectivity index (χ2v) is 7.70. The Labute approximate surface area is 131 Å². The number of hydrogen-bond donors (Lipinski definition) is 1. The van der Waals surface area contributed by atoms with E-state index in [0.29, 0.717) is 6.04 Å². The molecular weight excluding hydrogens is 254 g/mol. The summed E-state index contributed by atoms with van der Waals surface area (Å²) in [6, 6.07) is 10.1. The van der Waals surface area contributed by atoms with Gasteiger partial charge in [0.2, 0.25) is 0 Å². The fraction of sp³-hybridized carbons (Fsp3) is 0.700. The molecule has 0 unspecified atom stereocenters. The fourth-order valence-electron chi connectivity index (χ4n) is 3.46. The Morgan fingerprint density at radius 2 is 1.67 bits per heavy atom. The van der Waals surface area contributed by atoms with E-state index >= 15 is 0 Å². The molecule has 0 aliphatic heterocycles. The van der Waals surface area contributed by atoms with E-state index in [1.807, 2.05) is 0 Å². The van der Waals surface area contributed by atoms with Gasteiger partial charge in [0.25, 0.3) is 0 Å². The van der Waals surface area contributed by atoms with Gasteiger partial charge in [-0.15, -0.1) is 0 Å². The molecule has 0 amide bonds. The second kappa shape index (κ2) is 7.45. The molecule has 1 aromatic rings. The van der Waals surface area contributed by atoms with E-state index in [-0.39, 0.29) is 5.41 Å². The van der Waals surface area contributed by atoms with Crippen molar-refractivity contribution in [2.75, 3.05) is 6.54 Å². The standard InChI is InChI=1S/C20H33N/c1-16(2)21-15-14-20(3,4)19-12-10-18(11-13-19)17-8-6-5-7-9-17/h10-13,16-17,21H,5-9,14-15H2,1-4H3. The zero-order valence-corrected chi connectivity index (χ0v) is 14.4.